The van der Waals surface area contributed by atoms with E-state index in [2.05, 4.69) is 10.3 Å². The molecule has 240 valence electrons. The molecule has 1 aromatic heterocycles. The van der Waals surface area contributed by atoms with Crippen LogP contribution in [0.5, 0.6) is 17.2 Å². The molecule has 1 unspecified atom stereocenters. The summed E-state index contributed by atoms with van der Waals surface area (Å²) in [4.78, 5) is 12.9. The van der Waals surface area contributed by atoms with Gasteiger partial charge in [-0.25, -0.2) is 4.68 Å². The van der Waals surface area contributed by atoms with Crippen molar-refractivity contribution >= 4 is 38.9 Å². The number of fused-ring (bicyclic) bond motifs is 2. The minimum atomic E-state index is -4.13. The second kappa shape index (κ2) is 14.0. The number of esters is 1. The van der Waals surface area contributed by atoms with Gasteiger partial charge < -0.3 is 23.5 Å². The van der Waals surface area contributed by atoms with Crippen molar-refractivity contribution in [1.29, 1.82) is 0 Å². The van der Waals surface area contributed by atoms with E-state index >= 15 is 0 Å². The van der Waals surface area contributed by atoms with E-state index < -0.39 is 16.2 Å². The molecule has 0 bridgehead atoms. The van der Waals surface area contributed by atoms with Gasteiger partial charge >= 0.3 is 16.3 Å². The maximum absolute atomic E-state index is 13.1. The van der Waals surface area contributed by atoms with Crippen molar-refractivity contribution in [3.05, 3.63) is 76.3 Å². The van der Waals surface area contributed by atoms with E-state index in [1.807, 2.05) is 31.2 Å². The summed E-state index contributed by atoms with van der Waals surface area (Å²) in [5, 5.41) is 18.7. The number of nitrogens with zero attached hydrogens (tertiary/aromatic N) is 4. The zero-order chi connectivity index (χ0) is 32.1. The van der Waals surface area contributed by atoms with Crippen molar-refractivity contribution in [3.63, 3.8) is 0 Å². The lowest BCUT2D eigenvalue weighted by Crippen LogP contribution is -2.37. The van der Waals surface area contributed by atoms with Crippen molar-refractivity contribution in [1.82, 2.24) is 19.3 Å². The second-order valence-corrected chi connectivity index (χ2v) is 12.4. The van der Waals surface area contributed by atoms with E-state index in [0.29, 0.717) is 48.0 Å². The number of rotatable bonds is 13. The summed E-state index contributed by atoms with van der Waals surface area (Å²) in [7, 11) is -2.63. The van der Waals surface area contributed by atoms with E-state index in [0.717, 1.165) is 22.2 Å². The number of benzene rings is 3. The first-order valence-electron chi connectivity index (χ1n) is 14.5. The summed E-state index contributed by atoms with van der Waals surface area (Å²) in [5.74, 6) is 0.243. The first-order chi connectivity index (χ1) is 21.6. The van der Waals surface area contributed by atoms with Crippen LogP contribution in [0.4, 0.5) is 0 Å². The number of aromatic hydroxyl groups is 1. The number of methoxy groups -OCH3 is 1. The van der Waals surface area contributed by atoms with Gasteiger partial charge in [-0.2, -0.15) is 12.7 Å². The number of halogens is 1. The number of ether oxygens (including phenoxy) is 3. The van der Waals surface area contributed by atoms with Crippen LogP contribution in [0, 0.1) is 6.92 Å². The predicted molar refractivity (Wildman–Crippen MR) is 167 cm³/mol. The smallest absolute Gasteiger partial charge is 0.385 e. The van der Waals surface area contributed by atoms with Crippen LogP contribution in [0.2, 0.25) is 0 Å². The van der Waals surface area contributed by atoms with E-state index in [1.165, 1.54) is 29.6 Å². The molecule has 0 radical (unpaired) electrons. The normalized spacial score (nSPS) is 14.9. The Morgan fingerprint density at radius 3 is 2.73 bits per heavy atom. The molecule has 0 aliphatic carbocycles. The molecule has 0 spiro atoms. The number of hydrogen-bond acceptors (Lipinski definition) is 10. The monoisotopic (exact) mass is 658 g/mol. The molecule has 0 fully saturated rings. The minimum absolute atomic E-state index is 0.00464. The molecule has 2 heterocycles. The topological polar surface area (TPSA) is 142 Å². The van der Waals surface area contributed by atoms with Crippen LogP contribution in [0.3, 0.4) is 0 Å². The number of aryl methyl sites for hydroxylation is 1. The molecule has 12 nitrogen and oxygen atoms in total. The molecule has 14 heteroatoms. The van der Waals surface area contributed by atoms with Gasteiger partial charge in [0.15, 0.2) is 0 Å². The van der Waals surface area contributed by atoms with Crippen LogP contribution in [0.15, 0.2) is 48.5 Å². The van der Waals surface area contributed by atoms with Crippen molar-refractivity contribution in [2.24, 2.45) is 0 Å². The fourth-order valence-corrected chi connectivity index (χ4v) is 6.70. The van der Waals surface area contributed by atoms with Gasteiger partial charge in [-0.3, -0.25) is 4.79 Å². The van der Waals surface area contributed by atoms with Crippen LogP contribution in [0.25, 0.3) is 11.0 Å². The molecule has 0 amide bonds. The minimum Gasteiger partial charge on any atom is -0.508 e. The highest BCUT2D eigenvalue weighted by Crippen LogP contribution is 2.38. The zero-order valence-electron chi connectivity index (χ0n) is 25.2. The Hall–Kier alpha value is -3.91. The average molecular weight is 659 g/mol. The van der Waals surface area contributed by atoms with Gasteiger partial charge in [0, 0.05) is 36.0 Å². The third kappa shape index (κ3) is 7.17. The second-order valence-electron chi connectivity index (χ2n) is 10.5. The molecule has 4 aromatic rings. The highest BCUT2D eigenvalue weighted by Gasteiger charge is 2.33. The lowest BCUT2D eigenvalue weighted by Gasteiger charge is -2.28. The molecule has 1 atom stereocenters. The summed E-state index contributed by atoms with van der Waals surface area (Å²) >= 11 is 5.70. The van der Waals surface area contributed by atoms with Crippen molar-refractivity contribution in [2.75, 3.05) is 32.8 Å². The molecule has 1 aliphatic rings. The fraction of sp³-hybridized carbons (Fsp3) is 0.387. The third-order valence-electron chi connectivity index (χ3n) is 7.66. The molecular formula is C31H35ClN4O8S. The fourth-order valence-electron chi connectivity index (χ4n) is 5.50. The molecule has 1 N–H and O–H groups in total. The molecule has 1 aliphatic heterocycles. The summed E-state index contributed by atoms with van der Waals surface area (Å²) in [6.07, 6.45) is 0.0458. The summed E-state index contributed by atoms with van der Waals surface area (Å²) in [6, 6.07) is 13.6. The van der Waals surface area contributed by atoms with Crippen LogP contribution in [0.1, 0.15) is 47.1 Å². The quantitative estimate of drug-likeness (QED) is 0.124. The zero-order valence-corrected chi connectivity index (χ0v) is 26.8. The van der Waals surface area contributed by atoms with Crippen molar-refractivity contribution in [3.8, 4) is 17.2 Å². The van der Waals surface area contributed by atoms with Gasteiger partial charge in [0.2, 0.25) is 0 Å². The van der Waals surface area contributed by atoms with Crippen LogP contribution >= 0.6 is 11.6 Å². The molecule has 0 saturated carbocycles. The maximum atomic E-state index is 13.1. The maximum Gasteiger partial charge on any atom is 0.385 e. The van der Waals surface area contributed by atoms with E-state index in [9.17, 15) is 18.3 Å². The predicted octanol–water partition coefficient (Wildman–Crippen LogP) is 4.43. The first kappa shape index (κ1) is 32.5. The Balaban J connectivity index is 1.51. The Bertz CT molecular complexity index is 1800. The number of carbonyl (C=O) groups excluding carboxylic acids is 1. The number of phenols is 1. The Labute approximate surface area is 266 Å². The molecule has 5 rings (SSSR count). The Morgan fingerprint density at radius 1 is 1.16 bits per heavy atom. The standard InChI is InChI=1S/C31H35ClN4O8S/c1-4-43-30(38)17-26(25-7-8-27-31(20(25)2)33-34-36(27)12-14-42-13-11-32)21-5-9-28(41-3)22(15-21)18-35-19-23-16-24(37)6-10-29(23)44-45(35,39)40/h5-10,15-16,26,37H,4,11-14,17-19H2,1-3H3. The Morgan fingerprint density at radius 2 is 1.98 bits per heavy atom. The molecule has 45 heavy (non-hydrogen) atoms. The number of alkyl halides is 1. The van der Waals surface area contributed by atoms with Crippen LogP contribution < -0.4 is 8.92 Å². The van der Waals surface area contributed by atoms with Gasteiger partial charge in [0.25, 0.3) is 0 Å². The summed E-state index contributed by atoms with van der Waals surface area (Å²) in [6.45, 7) is 5.25. The van der Waals surface area contributed by atoms with Crippen molar-refractivity contribution < 1.29 is 36.7 Å². The SMILES string of the molecule is CCOC(=O)CC(c1ccc(OC)c(CN2Cc3cc(O)ccc3OS2(=O)=O)c1)c1ccc2c(nnn2CCOCCCl)c1C. The summed E-state index contributed by atoms with van der Waals surface area (Å²) < 4.78 is 50.8. The van der Waals surface area contributed by atoms with Crippen LogP contribution in [-0.2, 0) is 44.2 Å². The van der Waals surface area contributed by atoms with Gasteiger partial charge in [-0.1, -0.05) is 23.4 Å². The lowest BCUT2D eigenvalue weighted by molar-refractivity contribution is -0.143. The van der Waals surface area contributed by atoms with Crippen molar-refractivity contribution in [2.45, 2.75) is 45.8 Å². The van der Waals surface area contributed by atoms with Gasteiger partial charge in [-0.05, 0) is 60.9 Å². The molecule has 0 saturated heterocycles. The van der Waals surface area contributed by atoms with E-state index in [1.54, 1.807) is 17.7 Å². The highest BCUT2D eigenvalue weighted by molar-refractivity contribution is 7.84. The largest absolute Gasteiger partial charge is 0.508 e. The number of hydrogen-bond donors (Lipinski definition) is 1. The Kier molecular flexibility index (Phi) is 10.1. The number of aromatic nitrogens is 3. The van der Waals surface area contributed by atoms with Gasteiger partial charge in [0.1, 0.15) is 22.8 Å². The third-order valence-corrected chi connectivity index (χ3v) is 9.09. The van der Waals surface area contributed by atoms with Gasteiger partial charge in [-0.15, -0.1) is 16.7 Å². The lowest BCUT2D eigenvalue weighted by atomic mass is 9.84. The van der Waals surface area contributed by atoms with Gasteiger partial charge in [0.05, 0.1) is 45.4 Å². The number of phenolic OH excluding ortho intramolecular Hbond substituents is 1. The van der Waals surface area contributed by atoms with Crippen LogP contribution in [-0.4, -0.2) is 71.6 Å². The first-order valence-corrected chi connectivity index (χ1v) is 16.3. The van der Waals surface area contributed by atoms with E-state index in [4.69, 9.17) is 30.0 Å². The highest BCUT2D eigenvalue weighted by atomic mass is 35.5. The number of carbonyl (C=O) groups is 1. The molecule has 3 aromatic carbocycles. The summed E-state index contributed by atoms with van der Waals surface area (Å²) in [5.41, 5.74) is 5.11. The van der Waals surface area contributed by atoms with E-state index in [-0.39, 0.29) is 43.6 Å². The molecular weight excluding hydrogens is 624 g/mol. The average Bonchev–Trinajstić information content (AvgIpc) is 3.43.